The number of aromatic nitrogens is 4. The minimum absolute atomic E-state index is 0.0408. The van der Waals surface area contributed by atoms with E-state index >= 15 is 0 Å². The summed E-state index contributed by atoms with van der Waals surface area (Å²) in [6, 6.07) is 7.83. The van der Waals surface area contributed by atoms with Crippen LogP contribution in [0, 0.1) is 13.8 Å². The minimum atomic E-state index is -3.35. The van der Waals surface area contributed by atoms with Crippen molar-refractivity contribution in [3.05, 3.63) is 47.5 Å². The summed E-state index contributed by atoms with van der Waals surface area (Å²) < 4.78 is 24.6. The van der Waals surface area contributed by atoms with Gasteiger partial charge in [0.1, 0.15) is 0 Å². The lowest BCUT2D eigenvalue weighted by molar-refractivity contribution is 0.101. The zero-order valence-electron chi connectivity index (χ0n) is 13.3. The molecular formula is C15H15N5O3S. The van der Waals surface area contributed by atoms with E-state index < -0.39 is 15.7 Å². The molecule has 0 radical (unpaired) electrons. The number of nitrogens with zero attached hydrogens (tertiary/aromatic N) is 4. The van der Waals surface area contributed by atoms with E-state index in [0.29, 0.717) is 11.5 Å². The number of carbonyl (C=O) groups excluding carboxylic acids is 1. The Kier molecular flexibility index (Phi) is 3.80. The minimum Gasteiger partial charge on any atom is -0.319 e. The Morgan fingerprint density at radius 3 is 2.62 bits per heavy atom. The highest BCUT2D eigenvalue weighted by Crippen LogP contribution is 2.16. The predicted octanol–water partition coefficient (Wildman–Crippen LogP) is 1.40. The molecule has 0 atom stereocenters. The maximum atomic E-state index is 12.3. The Hall–Kier alpha value is -2.81. The number of amides is 1. The van der Waals surface area contributed by atoms with Gasteiger partial charge in [-0.3, -0.25) is 4.79 Å². The molecule has 3 rings (SSSR count). The summed E-state index contributed by atoms with van der Waals surface area (Å²) in [7, 11) is -3.35. The summed E-state index contributed by atoms with van der Waals surface area (Å²) in [6.07, 6.45) is 1.11. The first-order chi connectivity index (χ1) is 11.2. The number of anilines is 1. The molecule has 0 saturated carbocycles. The first-order valence-corrected chi connectivity index (χ1v) is 8.96. The monoisotopic (exact) mass is 345 g/mol. The Morgan fingerprint density at radius 2 is 1.92 bits per heavy atom. The smallest absolute Gasteiger partial charge is 0.295 e. The van der Waals surface area contributed by atoms with Crippen molar-refractivity contribution < 1.29 is 13.2 Å². The van der Waals surface area contributed by atoms with Crippen molar-refractivity contribution in [3.63, 3.8) is 0 Å². The van der Waals surface area contributed by atoms with Gasteiger partial charge < -0.3 is 5.32 Å². The van der Waals surface area contributed by atoms with Gasteiger partial charge in [0.15, 0.2) is 9.84 Å². The fraction of sp³-hybridized carbons (Fsp3) is 0.200. The van der Waals surface area contributed by atoms with Gasteiger partial charge in [0, 0.05) is 23.3 Å². The molecule has 1 amide bonds. The van der Waals surface area contributed by atoms with Gasteiger partial charge in [-0.1, -0.05) is 6.07 Å². The maximum Gasteiger partial charge on any atom is 0.295 e. The highest BCUT2D eigenvalue weighted by Gasteiger charge is 2.16. The van der Waals surface area contributed by atoms with Crippen LogP contribution in [0.25, 0.3) is 5.78 Å². The van der Waals surface area contributed by atoms with Gasteiger partial charge >= 0.3 is 0 Å². The van der Waals surface area contributed by atoms with E-state index in [4.69, 9.17) is 0 Å². The molecule has 2 heterocycles. The van der Waals surface area contributed by atoms with E-state index in [2.05, 4.69) is 20.4 Å². The number of benzene rings is 1. The number of fused-ring (bicyclic) bond motifs is 1. The van der Waals surface area contributed by atoms with E-state index in [-0.39, 0.29) is 10.7 Å². The Balaban J connectivity index is 1.92. The molecule has 0 bridgehead atoms. The standard InChI is InChI=1S/C15H15N5O3S/c1-9-7-10(2)20-15(16-9)18-13(19-20)14(21)17-11-5-4-6-12(8-11)24(3,22)23/h4-8H,1-3H3,(H,17,21). The molecule has 1 aromatic carbocycles. The van der Waals surface area contributed by atoms with Crippen LogP contribution >= 0.6 is 0 Å². The second-order valence-electron chi connectivity index (χ2n) is 5.44. The highest BCUT2D eigenvalue weighted by molar-refractivity contribution is 7.90. The number of hydrogen-bond acceptors (Lipinski definition) is 6. The molecule has 1 N–H and O–H groups in total. The number of carbonyl (C=O) groups is 1. The van der Waals surface area contributed by atoms with Crippen molar-refractivity contribution in [2.75, 3.05) is 11.6 Å². The van der Waals surface area contributed by atoms with Crippen molar-refractivity contribution in [2.24, 2.45) is 0 Å². The molecule has 0 saturated heterocycles. The van der Waals surface area contributed by atoms with Crippen LogP contribution in [0.15, 0.2) is 35.2 Å². The number of sulfone groups is 1. The fourth-order valence-electron chi connectivity index (χ4n) is 2.25. The van der Waals surface area contributed by atoms with Gasteiger partial charge in [-0.2, -0.15) is 4.98 Å². The summed E-state index contributed by atoms with van der Waals surface area (Å²) >= 11 is 0. The normalized spacial score (nSPS) is 11.6. The molecule has 24 heavy (non-hydrogen) atoms. The van der Waals surface area contributed by atoms with Gasteiger partial charge in [0.2, 0.25) is 5.82 Å². The van der Waals surface area contributed by atoms with Crippen LogP contribution in [-0.4, -0.2) is 40.2 Å². The summed E-state index contributed by atoms with van der Waals surface area (Å²) in [5.74, 6) is -0.244. The van der Waals surface area contributed by atoms with Gasteiger partial charge in [-0.15, -0.1) is 5.10 Å². The van der Waals surface area contributed by atoms with E-state index in [0.717, 1.165) is 17.6 Å². The Bertz CT molecular complexity index is 1060. The third-order valence-electron chi connectivity index (χ3n) is 3.34. The SMILES string of the molecule is Cc1cc(C)n2nc(C(=O)Nc3cccc(S(C)(=O)=O)c3)nc2n1. The molecule has 0 aliphatic rings. The van der Waals surface area contributed by atoms with Gasteiger partial charge in [0.05, 0.1) is 4.90 Å². The predicted molar refractivity (Wildman–Crippen MR) is 87.8 cm³/mol. The Labute approximate surface area is 138 Å². The lowest BCUT2D eigenvalue weighted by Crippen LogP contribution is -2.14. The molecule has 0 unspecified atom stereocenters. The van der Waals surface area contributed by atoms with Crippen LogP contribution in [-0.2, 0) is 9.84 Å². The summed E-state index contributed by atoms with van der Waals surface area (Å²) in [5, 5.41) is 6.73. The van der Waals surface area contributed by atoms with Crippen LogP contribution in [0.4, 0.5) is 5.69 Å². The van der Waals surface area contributed by atoms with E-state index in [1.165, 1.54) is 16.6 Å². The van der Waals surface area contributed by atoms with Crippen molar-refractivity contribution >= 4 is 27.2 Å². The third kappa shape index (κ3) is 3.11. The molecule has 124 valence electrons. The molecule has 0 fully saturated rings. The zero-order chi connectivity index (χ0) is 17.5. The lowest BCUT2D eigenvalue weighted by Gasteiger charge is -2.04. The number of aryl methyl sites for hydroxylation is 2. The summed E-state index contributed by atoms with van der Waals surface area (Å²) in [5.41, 5.74) is 1.94. The molecule has 8 nitrogen and oxygen atoms in total. The second-order valence-corrected chi connectivity index (χ2v) is 7.46. The van der Waals surface area contributed by atoms with E-state index in [1.807, 2.05) is 19.9 Å². The first-order valence-electron chi connectivity index (χ1n) is 7.06. The number of hydrogen-bond donors (Lipinski definition) is 1. The van der Waals surface area contributed by atoms with Crippen LogP contribution in [0.1, 0.15) is 22.0 Å². The van der Waals surface area contributed by atoms with E-state index in [9.17, 15) is 13.2 Å². The fourth-order valence-corrected chi connectivity index (χ4v) is 2.92. The van der Waals surface area contributed by atoms with Crippen molar-refractivity contribution in [2.45, 2.75) is 18.7 Å². The molecule has 3 aromatic rings. The molecular weight excluding hydrogens is 330 g/mol. The number of nitrogens with one attached hydrogen (secondary N) is 1. The zero-order valence-corrected chi connectivity index (χ0v) is 14.1. The van der Waals surface area contributed by atoms with Crippen LogP contribution < -0.4 is 5.32 Å². The first kappa shape index (κ1) is 16.1. The third-order valence-corrected chi connectivity index (χ3v) is 4.45. The molecule has 0 spiro atoms. The van der Waals surface area contributed by atoms with Crippen molar-refractivity contribution in [3.8, 4) is 0 Å². The topological polar surface area (TPSA) is 106 Å². The Morgan fingerprint density at radius 1 is 1.17 bits per heavy atom. The quantitative estimate of drug-likeness (QED) is 0.769. The van der Waals surface area contributed by atoms with Gasteiger partial charge in [-0.25, -0.2) is 17.9 Å². The van der Waals surface area contributed by atoms with E-state index in [1.54, 1.807) is 12.1 Å². The van der Waals surface area contributed by atoms with Gasteiger partial charge in [0.25, 0.3) is 11.7 Å². The van der Waals surface area contributed by atoms with Gasteiger partial charge in [-0.05, 0) is 38.1 Å². The average molecular weight is 345 g/mol. The molecule has 9 heteroatoms. The highest BCUT2D eigenvalue weighted by atomic mass is 32.2. The summed E-state index contributed by atoms with van der Waals surface area (Å²) in [6.45, 7) is 3.67. The van der Waals surface area contributed by atoms with Crippen molar-refractivity contribution in [1.82, 2.24) is 19.6 Å². The summed E-state index contributed by atoms with van der Waals surface area (Å²) in [4.78, 5) is 20.8. The van der Waals surface area contributed by atoms with Crippen molar-refractivity contribution in [1.29, 1.82) is 0 Å². The van der Waals surface area contributed by atoms with Crippen LogP contribution in [0.5, 0.6) is 0 Å². The molecule has 0 aliphatic heterocycles. The lowest BCUT2D eigenvalue weighted by atomic mass is 10.3. The van der Waals surface area contributed by atoms with Crippen LogP contribution in [0.3, 0.4) is 0 Å². The molecule has 2 aromatic heterocycles. The molecule has 0 aliphatic carbocycles. The average Bonchev–Trinajstić information content (AvgIpc) is 2.91. The number of rotatable bonds is 3. The maximum absolute atomic E-state index is 12.3. The largest absolute Gasteiger partial charge is 0.319 e. The van der Waals surface area contributed by atoms with Crippen LogP contribution in [0.2, 0.25) is 0 Å². The second kappa shape index (κ2) is 5.68.